The first-order valence-electron chi connectivity index (χ1n) is 13.0. The van der Waals surface area contributed by atoms with E-state index in [1.54, 1.807) is 0 Å². The van der Waals surface area contributed by atoms with Gasteiger partial charge in [-0.2, -0.15) is 0 Å². The molecule has 0 saturated heterocycles. The van der Waals surface area contributed by atoms with Crippen LogP contribution in [0.1, 0.15) is 36.7 Å². The number of nitrogens with zero attached hydrogens (tertiary/aromatic N) is 1. The monoisotopic (exact) mass is 495 g/mol. The van der Waals surface area contributed by atoms with E-state index >= 15 is 0 Å². The van der Waals surface area contributed by atoms with Gasteiger partial charge in [-0.25, -0.2) is 0 Å². The molecule has 0 amide bonds. The Balaban J connectivity index is 1.51. The molecule has 5 atom stereocenters. The summed E-state index contributed by atoms with van der Waals surface area (Å²) < 4.78 is 8.05. The van der Waals surface area contributed by atoms with Crippen LogP contribution >= 0.6 is 11.8 Å². The van der Waals surface area contributed by atoms with E-state index < -0.39 is 8.07 Å². The topological polar surface area (TPSA) is 31.2 Å². The molecular weight excluding hydrogens is 454 g/mol. The minimum Gasteiger partial charge on any atom is -0.361 e. The van der Waals surface area contributed by atoms with E-state index in [1.807, 2.05) is 34.7 Å². The van der Waals surface area contributed by atoms with Crippen LogP contribution < -0.4 is 0 Å². The Morgan fingerprint density at radius 3 is 2.62 bits per heavy atom. The summed E-state index contributed by atoms with van der Waals surface area (Å²) in [4.78, 5) is 15.4. The quantitative estimate of drug-likeness (QED) is 0.106. The van der Waals surface area contributed by atoms with Crippen LogP contribution in [0.5, 0.6) is 0 Å². The molecule has 0 aliphatic heterocycles. The number of fused-ring (bicyclic) bond motifs is 1. The molecule has 0 spiro atoms. The first-order chi connectivity index (χ1) is 16.4. The van der Waals surface area contributed by atoms with Crippen molar-refractivity contribution in [3.63, 3.8) is 0 Å². The van der Waals surface area contributed by atoms with Crippen LogP contribution in [0.25, 0.3) is 0 Å². The Bertz CT molecular complexity index is 964. The molecule has 4 rings (SSSR count). The molecule has 2 aromatic rings. The van der Waals surface area contributed by atoms with Crippen LogP contribution in [0.2, 0.25) is 25.7 Å². The molecule has 0 unspecified atom stereocenters. The number of carbonyl (C=O) groups excluding carboxylic acids is 1. The highest BCUT2D eigenvalue weighted by molar-refractivity contribution is 7.99. The van der Waals surface area contributed by atoms with Gasteiger partial charge in [0.25, 0.3) is 0 Å². The summed E-state index contributed by atoms with van der Waals surface area (Å²) in [6, 6.07) is 15.7. The van der Waals surface area contributed by atoms with Gasteiger partial charge in [0, 0.05) is 37.4 Å². The number of benzene rings is 1. The lowest BCUT2D eigenvalue weighted by Gasteiger charge is -2.37. The first-order valence-corrected chi connectivity index (χ1v) is 17.7. The number of hydrogen-bond donors (Lipinski definition) is 0. The van der Waals surface area contributed by atoms with E-state index in [4.69, 9.17) is 4.74 Å². The van der Waals surface area contributed by atoms with Gasteiger partial charge in [-0.15, -0.1) is 11.8 Å². The summed E-state index contributed by atoms with van der Waals surface area (Å²) in [5.41, 5.74) is 0.821. The number of hydrogen-bond acceptors (Lipinski definition) is 3. The Morgan fingerprint density at radius 2 is 1.88 bits per heavy atom. The van der Waals surface area contributed by atoms with E-state index in [1.165, 1.54) is 24.2 Å². The molecule has 5 heteroatoms. The van der Waals surface area contributed by atoms with Crippen molar-refractivity contribution >= 4 is 25.6 Å². The van der Waals surface area contributed by atoms with E-state index in [2.05, 4.69) is 69.0 Å². The molecule has 0 radical (unpaired) electrons. The van der Waals surface area contributed by atoms with Gasteiger partial charge in [-0.1, -0.05) is 63.3 Å². The summed E-state index contributed by atoms with van der Waals surface area (Å²) in [7, 11) is -1.12. The standard InChI is InChI=1S/C29H41NO2SSi/c1-5-22-13-16-26-25(22)15-14-23(20-33-24-10-7-6-8-11-24)28(26)29(31)27-12-9-17-30(27)21-32-18-19-34(2,3)4/h6-12,14-15,17,22-23,25-26,28H,5,13,16,18-21H2,1-4H3/t22-,23-,25+,26+,28+/m0/s1. The van der Waals surface area contributed by atoms with E-state index in [0.29, 0.717) is 24.3 Å². The number of allylic oxidation sites excluding steroid dienone is 2. The van der Waals surface area contributed by atoms with E-state index in [-0.39, 0.29) is 11.8 Å². The Labute approximate surface area is 211 Å². The molecule has 0 N–H and O–H groups in total. The Kier molecular flexibility index (Phi) is 8.60. The SMILES string of the molecule is CC[C@H]1CC[C@@H]2[C@@H]1C=C[C@@H](CSc1ccccc1)[C@H]2C(=O)c1cccn1COCC[Si](C)(C)C. The Hall–Kier alpha value is -1.56. The van der Waals surface area contributed by atoms with Crippen molar-refractivity contribution in [3.8, 4) is 0 Å². The lowest BCUT2D eigenvalue weighted by molar-refractivity contribution is 0.0706. The second-order valence-corrected chi connectivity index (χ2v) is 18.0. The molecule has 2 aliphatic carbocycles. The molecule has 3 nitrogen and oxygen atoms in total. The van der Waals surface area contributed by atoms with Crippen LogP contribution in [0, 0.1) is 29.6 Å². The van der Waals surface area contributed by atoms with Crippen LogP contribution in [0.3, 0.4) is 0 Å². The average Bonchev–Trinajstić information content (AvgIpc) is 3.46. The van der Waals surface area contributed by atoms with Crippen LogP contribution in [0.4, 0.5) is 0 Å². The van der Waals surface area contributed by atoms with Gasteiger partial charge < -0.3 is 9.30 Å². The summed E-state index contributed by atoms with van der Waals surface area (Å²) in [6.07, 6.45) is 10.5. The van der Waals surface area contributed by atoms with Crippen molar-refractivity contribution in [2.45, 2.75) is 63.5 Å². The maximum atomic E-state index is 14.1. The zero-order valence-electron chi connectivity index (χ0n) is 21.3. The highest BCUT2D eigenvalue weighted by Crippen LogP contribution is 2.50. The first kappa shape index (κ1) is 25.5. The lowest BCUT2D eigenvalue weighted by atomic mass is 9.68. The maximum absolute atomic E-state index is 14.1. The van der Waals surface area contributed by atoms with E-state index in [9.17, 15) is 4.79 Å². The van der Waals surface area contributed by atoms with Gasteiger partial charge in [0.1, 0.15) is 6.73 Å². The van der Waals surface area contributed by atoms with Gasteiger partial charge in [0.05, 0.1) is 5.69 Å². The van der Waals surface area contributed by atoms with Crippen LogP contribution in [-0.4, -0.2) is 30.8 Å². The zero-order valence-corrected chi connectivity index (χ0v) is 23.1. The summed E-state index contributed by atoms with van der Waals surface area (Å²) in [6.45, 7) is 10.6. The number of rotatable bonds is 11. The van der Waals surface area contributed by atoms with Gasteiger partial charge in [-0.3, -0.25) is 4.79 Å². The minimum absolute atomic E-state index is 0.0541. The van der Waals surface area contributed by atoms with Crippen LogP contribution in [0.15, 0.2) is 65.7 Å². The maximum Gasteiger partial charge on any atom is 0.183 e. The highest BCUT2D eigenvalue weighted by atomic mass is 32.2. The Morgan fingerprint density at radius 1 is 1.09 bits per heavy atom. The second kappa shape index (κ2) is 11.4. The van der Waals surface area contributed by atoms with Crippen molar-refractivity contribution in [2.75, 3.05) is 12.4 Å². The largest absolute Gasteiger partial charge is 0.361 e. The van der Waals surface area contributed by atoms with Crippen molar-refractivity contribution in [3.05, 3.63) is 66.5 Å². The fraction of sp³-hybridized carbons (Fsp3) is 0.552. The van der Waals surface area contributed by atoms with Gasteiger partial charge in [0.15, 0.2) is 5.78 Å². The molecule has 1 saturated carbocycles. The van der Waals surface area contributed by atoms with Crippen LogP contribution in [-0.2, 0) is 11.5 Å². The smallest absolute Gasteiger partial charge is 0.183 e. The molecule has 1 heterocycles. The zero-order chi connectivity index (χ0) is 24.1. The third-order valence-electron chi connectivity index (χ3n) is 7.73. The molecule has 2 aliphatic rings. The predicted molar refractivity (Wildman–Crippen MR) is 146 cm³/mol. The summed E-state index contributed by atoms with van der Waals surface area (Å²) >= 11 is 1.88. The fourth-order valence-corrected chi connectivity index (χ4v) is 7.57. The highest BCUT2D eigenvalue weighted by Gasteiger charge is 2.46. The molecule has 1 fully saturated rings. The second-order valence-electron chi connectivity index (χ2n) is 11.3. The molecule has 184 valence electrons. The third-order valence-corrected chi connectivity index (χ3v) is 10.6. The number of Topliss-reactive ketones (excluding diaryl/α,β-unsaturated/α-hetero) is 1. The lowest BCUT2D eigenvalue weighted by Crippen LogP contribution is -2.38. The molecule has 34 heavy (non-hydrogen) atoms. The van der Waals surface area contributed by atoms with Crippen molar-refractivity contribution in [1.82, 2.24) is 4.57 Å². The third kappa shape index (κ3) is 6.16. The van der Waals surface area contributed by atoms with Crippen molar-refractivity contribution in [2.24, 2.45) is 29.6 Å². The summed E-state index contributed by atoms with van der Waals surface area (Å²) in [5.74, 6) is 3.31. The van der Waals surface area contributed by atoms with Gasteiger partial charge in [-0.05, 0) is 66.8 Å². The number of ether oxygens (including phenoxy) is 1. The van der Waals surface area contributed by atoms with E-state index in [0.717, 1.165) is 30.0 Å². The molecular formula is C29H41NO2SSi. The molecule has 1 aromatic heterocycles. The van der Waals surface area contributed by atoms with Gasteiger partial charge in [0.2, 0.25) is 0 Å². The number of thioether (sulfide) groups is 1. The molecule has 1 aromatic carbocycles. The van der Waals surface area contributed by atoms with Crippen molar-refractivity contribution < 1.29 is 9.53 Å². The minimum atomic E-state index is -1.12. The van der Waals surface area contributed by atoms with Crippen molar-refractivity contribution in [1.29, 1.82) is 0 Å². The average molecular weight is 496 g/mol. The van der Waals surface area contributed by atoms with Gasteiger partial charge >= 0.3 is 0 Å². The summed E-state index contributed by atoms with van der Waals surface area (Å²) in [5, 5.41) is 0. The fourth-order valence-electron chi connectivity index (χ4n) is 5.76. The number of aromatic nitrogens is 1. The number of carbonyl (C=O) groups is 1. The number of ketones is 1. The predicted octanol–water partition coefficient (Wildman–Crippen LogP) is 7.63. The normalized spacial score (nSPS) is 26.5. The molecule has 0 bridgehead atoms.